The van der Waals surface area contributed by atoms with Crippen LogP contribution in [0.1, 0.15) is 41.6 Å². The molecule has 1 aliphatic rings. The topological polar surface area (TPSA) is 43.1 Å². The van der Waals surface area contributed by atoms with Gasteiger partial charge in [-0.1, -0.05) is 0 Å². The molecule has 1 saturated carbocycles. The summed E-state index contributed by atoms with van der Waals surface area (Å²) in [5, 5.41) is 0. The molecule has 2 N–H and O–H groups in total. The first kappa shape index (κ1) is 12.2. The average Bonchev–Trinajstić information content (AvgIpc) is 2.28. The van der Waals surface area contributed by atoms with Crippen LogP contribution in [0.3, 0.4) is 0 Å². The molecule has 1 fully saturated rings. The smallest absolute Gasteiger partial charge is 0.166 e. The van der Waals surface area contributed by atoms with Crippen molar-refractivity contribution in [3.05, 3.63) is 35.1 Å². The second kappa shape index (κ2) is 4.96. The maximum atomic E-state index is 13.2. The summed E-state index contributed by atoms with van der Waals surface area (Å²) in [5.74, 6) is -0.239. The summed E-state index contributed by atoms with van der Waals surface area (Å²) >= 11 is 0. The molecule has 0 atom stereocenters. The fourth-order valence-electron chi connectivity index (χ4n) is 2.50. The molecular weight excluding hydrogens is 217 g/mol. The van der Waals surface area contributed by atoms with Gasteiger partial charge in [0.25, 0.3) is 0 Å². The molecule has 0 radical (unpaired) electrons. The second-order valence-corrected chi connectivity index (χ2v) is 4.99. The van der Waals surface area contributed by atoms with E-state index >= 15 is 0 Å². The number of nitrogens with two attached hydrogens (primary N) is 1. The van der Waals surface area contributed by atoms with Crippen molar-refractivity contribution >= 4 is 5.78 Å². The summed E-state index contributed by atoms with van der Waals surface area (Å²) in [4.78, 5) is 12.2. The van der Waals surface area contributed by atoms with E-state index < -0.39 is 0 Å². The molecule has 0 bridgehead atoms. The summed E-state index contributed by atoms with van der Waals surface area (Å²) in [5.41, 5.74) is 7.11. The molecular formula is C14H18FNO. The second-order valence-electron chi connectivity index (χ2n) is 4.99. The van der Waals surface area contributed by atoms with Crippen LogP contribution in [0.15, 0.2) is 18.2 Å². The number of benzene rings is 1. The quantitative estimate of drug-likeness (QED) is 0.801. The predicted molar refractivity (Wildman–Crippen MR) is 65.4 cm³/mol. The number of Topliss-reactive ketones (excluding diaryl/α,β-unsaturated/α-hetero) is 1. The highest BCUT2D eigenvalue weighted by atomic mass is 19.1. The standard InChI is InChI=1S/C14H18FNO/c1-9-6-11(8-12(15)7-9)14(17)10-2-4-13(16)5-3-10/h6-8,10,13H,2-5,16H2,1H3. The number of hydrogen-bond donors (Lipinski definition) is 1. The van der Waals surface area contributed by atoms with Gasteiger partial charge in [-0.25, -0.2) is 4.39 Å². The van der Waals surface area contributed by atoms with E-state index in [9.17, 15) is 9.18 Å². The van der Waals surface area contributed by atoms with Crippen molar-refractivity contribution in [3.8, 4) is 0 Å². The fraction of sp³-hybridized carbons (Fsp3) is 0.500. The maximum Gasteiger partial charge on any atom is 0.166 e. The van der Waals surface area contributed by atoms with Gasteiger partial charge < -0.3 is 5.73 Å². The molecule has 2 rings (SSSR count). The number of rotatable bonds is 2. The number of aryl methyl sites for hydroxylation is 1. The molecule has 0 unspecified atom stereocenters. The molecule has 0 saturated heterocycles. The van der Waals surface area contributed by atoms with Gasteiger partial charge in [0.2, 0.25) is 0 Å². The van der Waals surface area contributed by atoms with Crippen molar-refractivity contribution in [2.45, 2.75) is 38.6 Å². The lowest BCUT2D eigenvalue weighted by Gasteiger charge is -2.25. The molecule has 0 aromatic heterocycles. The van der Waals surface area contributed by atoms with E-state index in [1.807, 2.05) is 0 Å². The lowest BCUT2D eigenvalue weighted by Crippen LogP contribution is -2.29. The first-order valence-electron chi connectivity index (χ1n) is 6.13. The van der Waals surface area contributed by atoms with Crippen LogP contribution in [-0.2, 0) is 0 Å². The normalized spacial score (nSPS) is 24.6. The van der Waals surface area contributed by atoms with Crippen LogP contribution >= 0.6 is 0 Å². The molecule has 0 spiro atoms. The Hall–Kier alpha value is -1.22. The third kappa shape index (κ3) is 2.91. The highest BCUT2D eigenvalue weighted by Crippen LogP contribution is 2.27. The number of carbonyl (C=O) groups is 1. The minimum Gasteiger partial charge on any atom is -0.328 e. The van der Waals surface area contributed by atoms with Gasteiger partial charge in [-0.2, -0.15) is 0 Å². The van der Waals surface area contributed by atoms with Gasteiger partial charge >= 0.3 is 0 Å². The zero-order chi connectivity index (χ0) is 12.4. The summed E-state index contributed by atoms with van der Waals surface area (Å²) in [7, 11) is 0. The van der Waals surface area contributed by atoms with Crippen LogP contribution in [-0.4, -0.2) is 11.8 Å². The van der Waals surface area contributed by atoms with Gasteiger partial charge in [0.15, 0.2) is 5.78 Å². The Morgan fingerprint density at radius 1 is 1.24 bits per heavy atom. The lowest BCUT2D eigenvalue weighted by molar-refractivity contribution is 0.0884. The Kier molecular flexibility index (Phi) is 3.57. The van der Waals surface area contributed by atoms with Crippen molar-refractivity contribution in [3.63, 3.8) is 0 Å². The molecule has 1 aromatic rings. The molecule has 2 nitrogen and oxygen atoms in total. The van der Waals surface area contributed by atoms with Crippen LogP contribution in [0.25, 0.3) is 0 Å². The first-order valence-corrected chi connectivity index (χ1v) is 6.13. The molecule has 3 heteroatoms. The Bertz CT molecular complexity index is 402. The lowest BCUT2D eigenvalue weighted by atomic mass is 9.82. The molecule has 0 amide bonds. The van der Waals surface area contributed by atoms with E-state index in [1.54, 1.807) is 13.0 Å². The SMILES string of the molecule is Cc1cc(F)cc(C(=O)C2CCC(N)CC2)c1. The van der Waals surface area contributed by atoms with Gasteiger partial charge in [-0.05, 0) is 56.4 Å². The number of carbonyl (C=O) groups excluding carboxylic acids is 1. The highest BCUT2D eigenvalue weighted by Gasteiger charge is 2.25. The number of ketones is 1. The van der Waals surface area contributed by atoms with Crippen molar-refractivity contribution < 1.29 is 9.18 Å². The highest BCUT2D eigenvalue weighted by molar-refractivity contribution is 5.98. The molecule has 0 aliphatic heterocycles. The Morgan fingerprint density at radius 3 is 2.47 bits per heavy atom. The number of halogens is 1. The van der Waals surface area contributed by atoms with Crippen LogP contribution in [0.4, 0.5) is 4.39 Å². The Labute approximate surface area is 101 Å². The zero-order valence-corrected chi connectivity index (χ0v) is 10.1. The maximum absolute atomic E-state index is 13.2. The van der Waals surface area contributed by atoms with Gasteiger partial charge in [-0.3, -0.25) is 4.79 Å². The van der Waals surface area contributed by atoms with Gasteiger partial charge in [-0.15, -0.1) is 0 Å². The average molecular weight is 235 g/mol. The van der Waals surface area contributed by atoms with Crippen molar-refractivity contribution in [2.75, 3.05) is 0 Å². The molecule has 1 aliphatic carbocycles. The van der Waals surface area contributed by atoms with Crippen LogP contribution < -0.4 is 5.73 Å². The third-order valence-corrected chi connectivity index (χ3v) is 3.47. The monoisotopic (exact) mass is 235 g/mol. The van der Waals surface area contributed by atoms with Crippen molar-refractivity contribution in [1.82, 2.24) is 0 Å². The minimum absolute atomic E-state index is 0.0241. The molecule has 92 valence electrons. The first-order chi connectivity index (χ1) is 8.06. The largest absolute Gasteiger partial charge is 0.328 e. The van der Waals surface area contributed by atoms with Crippen LogP contribution in [0.2, 0.25) is 0 Å². The summed E-state index contributed by atoms with van der Waals surface area (Å²) in [6.45, 7) is 1.80. The van der Waals surface area contributed by atoms with Gasteiger partial charge in [0.05, 0.1) is 0 Å². The Balaban J connectivity index is 2.14. The molecule has 0 heterocycles. The summed E-state index contributed by atoms with van der Waals surface area (Å²) in [6.07, 6.45) is 3.44. The van der Waals surface area contributed by atoms with Gasteiger partial charge in [0.1, 0.15) is 5.82 Å². The van der Waals surface area contributed by atoms with E-state index in [1.165, 1.54) is 12.1 Å². The van der Waals surface area contributed by atoms with Crippen molar-refractivity contribution in [1.29, 1.82) is 0 Å². The minimum atomic E-state index is -0.333. The molecule has 1 aromatic carbocycles. The predicted octanol–water partition coefficient (Wildman–Crippen LogP) is 2.83. The van der Waals surface area contributed by atoms with E-state index in [-0.39, 0.29) is 23.6 Å². The Morgan fingerprint density at radius 2 is 1.88 bits per heavy atom. The number of hydrogen-bond acceptors (Lipinski definition) is 2. The van der Waals surface area contributed by atoms with E-state index in [0.717, 1.165) is 31.2 Å². The van der Waals surface area contributed by atoms with Crippen molar-refractivity contribution in [2.24, 2.45) is 11.7 Å². The zero-order valence-electron chi connectivity index (χ0n) is 10.1. The van der Waals surface area contributed by atoms with Crippen LogP contribution in [0.5, 0.6) is 0 Å². The fourth-order valence-corrected chi connectivity index (χ4v) is 2.50. The van der Waals surface area contributed by atoms with Crippen LogP contribution in [0, 0.1) is 18.7 Å². The molecule has 17 heavy (non-hydrogen) atoms. The third-order valence-electron chi connectivity index (χ3n) is 3.47. The van der Waals surface area contributed by atoms with E-state index in [2.05, 4.69) is 0 Å². The summed E-state index contributed by atoms with van der Waals surface area (Å²) < 4.78 is 13.2. The van der Waals surface area contributed by atoms with E-state index in [4.69, 9.17) is 5.73 Å². The van der Waals surface area contributed by atoms with E-state index in [0.29, 0.717) is 5.56 Å². The van der Waals surface area contributed by atoms with Gasteiger partial charge in [0, 0.05) is 17.5 Å². The summed E-state index contributed by atoms with van der Waals surface area (Å²) in [6, 6.07) is 4.77.